The first kappa shape index (κ1) is 15.8. The molecule has 8 heteroatoms. The Morgan fingerprint density at radius 3 is 2.90 bits per heavy atom. The summed E-state index contributed by atoms with van der Waals surface area (Å²) in [6.45, 7) is -1.76. The summed E-state index contributed by atoms with van der Waals surface area (Å²) >= 11 is 3.32. The van der Waals surface area contributed by atoms with Crippen LogP contribution in [0.25, 0.3) is 0 Å². The first-order chi connectivity index (χ1) is 10.0. The Labute approximate surface area is 129 Å². The molecule has 0 unspecified atom stereocenters. The van der Waals surface area contributed by atoms with Crippen molar-refractivity contribution in [1.82, 2.24) is 20.1 Å². The summed E-state index contributed by atoms with van der Waals surface area (Å²) in [7, 11) is 1.80. The molecule has 0 saturated carbocycles. The highest BCUT2D eigenvalue weighted by Crippen LogP contribution is 2.24. The van der Waals surface area contributed by atoms with Crippen LogP contribution < -0.4 is 10.1 Å². The Morgan fingerprint density at radius 1 is 1.43 bits per heavy atom. The first-order valence-corrected chi connectivity index (χ1v) is 7.12. The van der Waals surface area contributed by atoms with Gasteiger partial charge in [-0.25, -0.2) is 4.98 Å². The molecule has 1 heterocycles. The first-order valence-electron chi connectivity index (χ1n) is 6.33. The van der Waals surface area contributed by atoms with Crippen LogP contribution in [-0.4, -0.2) is 27.9 Å². The predicted octanol–water partition coefficient (Wildman–Crippen LogP) is 2.51. The van der Waals surface area contributed by atoms with Gasteiger partial charge in [0.15, 0.2) is 5.82 Å². The van der Waals surface area contributed by atoms with Crippen LogP contribution in [0.2, 0.25) is 0 Å². The van der Waals surface area contributed by atoms with Gasteiger partial charge in [0, 0.05) is 36.6 Å². The van der Waals surface area contributed by atoms with Crippen molar-refractivity contribution in [3.8, 4) is 5.75 Å². The quantitative estimate of drug-likeness (QED) is 0.770. The molecular formula is C13H15BrF2N4O. The second-order valence-corrected chi connectivity index (χ2v) is 5.31. The third kappa shape index (κ3) is 5.05. The number of halogens is 3. The summed E-state index contributed by atoms with van der Waals surface area (Å²) in [4.78, 5) is 4.11. The van der Waals surface area contributed by atoms with Gasteiger partial charge in [0.2, 0.25) is 0 Å². The van der Waals surface area contributed by atoms with Crippen molar-refractivity contribution in [2.45, 2.75) is 19.6 Å². The number of hydrogen-bond donors (Lipinski definition) is 1. The maximum Gasteiger partial charge on any atom is 0.387 e. The van der Waals surface area contributed by atoms with Gasteiger partial charge in [-0.15, -0.1) is 0 Å². The van der Waals surface area contributed by atoms with Crippen LogP contribution >= 0.6 is 15.9 Å². The minimum Gasteiger partial charge on any atom is -0.434 e. The van der Waals surface area contributed by atoms with E-state index in [2.05, 4.69) is 36.1 Å². The lowest BCUT2D eigenvalue weighted by molar-refractivity contribution is -0.0505. The van der Waals surface area contributed by atoms with Crippen molar-refractivity contribution >= 4 is 15.9 Å². The highest BCUT2D eigenvalue weighted by Gasteiger charge is 2.10. The Hall–Kier alpha value is -1.54. The fourth-order valence-corrected chi connectivity index (χ4v) is 2.23. The number of alkyl halides is 2. The lowest BCUT2D eigenvalue weighted by Gasteiger charge is -2.11. The molecule has 5 nitrogen and oxygen atoms in total. The number of rotatable bonds is 7. The largest absolute Gasteiger partial charge is 0.434 e. The number of aryl methyl sites for hydroxylation is 1. The molecule has 0 radical (unpaired) electrons. The van der Waals surface area contributed by atoms with Crippen molar-refractivity contribution in [3.05, 3.63) is 40.4 Å². The normalized spacial score (nSPS) is 11.1. The van der Waals surface area contributed by atoms with Gasteiger partial charge in [0.05, 0.1) is 0 Å². The minimum atomic E-state index is -2.83. The van der Waals surface area contributed by atoms with E-state index in [-0.39, 0.29) is 5.75 Å². The summed E-state index contributed by atoms with van der Waals surface area (Å²) in [5.41, 5.74) is 0.665. The number of nitrogens with zero attached hydrogens (tertiary/aromatic N) is 3. The van der Waals surface area contributed by atoms with E-state index in [1.165, 1.54) is 6.07 Å². The average Bonchev–Trinajstić information content (AvgIpc) is 2.83. The Bertz CT molecular complexity index is 591. The minimum absolute atomic E-state index is 0.177. The predicted molar refractivity (Wildman–Crippen MR) is 77.2 cm³/mol. The van der Waals surface area contributed by atoms with Gasteiger partial charge in [-0.3, -0.25) is 4.68 Å². The summed E-state index contributed by atoms with van der Waals surface area (Å²) in [6.07, 6.45) is 2.30. The lowest BCUT2D eigenvalue weighted by Crippen LogP contribution is -2.18. The van der Waals surface area contributed by atoms with Gasteiger partial charge >= 0.3 is 6.61 Å². The van der Waals surface area contributed by atoms with Gasteiger partial charge in [-0.1, -0.05) is 15.9 Å². The van der Waals surface area contributed by atoms with Gasteiger partial charge in [-0.05, 0) is 18.2 Å². The third-order valence-corrected chi connectivity index (χ3v) is 3.22. The molecule has 1 aromatic heterocycles. The molecule has 114 valence electrons. The van der Waals surface area contributed by atoms with Crippen LogP contribution in [0.4, 0.5) is 8.78 Å². The van der Waals surface area contributed by atoms with Crippen LogP contribution in [0.3, 0.4) is 0 Å². The highest BCUT2D eigenvalue weighted by molar-refractivity contribution is 9.10. The van der Waals surface area contributed by atoms with Gasteiger partial charge in [0.25, 0.3) is 0 Å². The van der Waals surface area contributed by atoms with Crippen LogP contribution in [0, 0.1) is 0 Å². The maximum atomic E-state index is 12.3. The summed E-state index contributed by atoms with van der Waals surface area (Å²) in [5, 5.41) is 7.33. The zero-order valence-corrected chi connectivity index (χ0v) is 13.0. The van der Waals surface area contributed by atoms with Crippen LogP contribution in [0.5, 0.6) is 5.75 Å². The smallest absolute Gasteiger partial charge is 0.387 e. The molecule has 0 aliphatic rings. The van der Waals surface area contributed by atoms with E-state index >= 15 is 0 Å². The summed E-state index contributed by atoms with van der Waals surface area (Å²) < 4.78 is 31.6. The summed E-state index contributed by atoms with van der Waals surface area (Å²) in [5.74, 6) is 0.917. The van der Waals surface area contributed by atoms with E-state index in [1.54, 1.807) is 30.2 Å². The van der Waals surface area contributed by atoms with E-state index in [9.17, 15) is 8.78 Å². The van der Waals surface area contributed by atoms with E-state index in [1.807, 2.05) is 0 Å². The second-order valence-electron chi connectivity index (χ2n) is 4.39. The zero-order chi connectivity index (χ0) is 15.2. The molecule has 0 fully saturated rings. The Kier molecular flexibility index (Phi) is 5.63. The van der Waals surface area contributed by atoms with Crippen LogP contribution in [0.15, 0.2) is 29.0 Å². The molecule has 0 aliphatic carbocycles. The van der Waals surface area contributed by atoms with Crippen molar-refractivity contribution in [3.63, 3.8) is 0 Å². The molecule has 1 N–H and O–H groups in total. The Balaban J connectivity index is 1.88. The maximum absolute atomic E-state index is 12.3. The molecule has 1 aromatic carbocycles. The monoisotopic (exact) mass is 360 g/mol. The molecule has 0 aliphatic heterocycles. The number of aromatic nitrogens is 3. The van der Waals surface area contributed by atoms with E-state index in [0.29, 0.717) is 25.1 Å². The third-order valence-electron chi connectivity index (χ3n) is 2.73. The highest BCUT2D eigenvalue weighted by atomic mass is 79.9. The van der Waals surface area contributed by atoms with Crippen LogP contribution in [0.1, 0.15) is 11.4 Å². The topological polar surface area (TPSA) is 52.0 Å². The van der Waals surface area contributed by atoms with Crippen LogP contribution in [-0.2, 0) is 20.0 Å². The molecule has 0 saturated heterocycles. The fourth-order valence-electron chi connectivity index (χ4n) is 1.82. The number of nitrogens with one attached hydrogen (secondary N) is 1. The second kappa shape index (κ2) is 7.46. The molecule has 0 spiro atoms. The molecule has 2 rings (SSSR count). The standard InChI is InChI=1S/C13H15BrF2N4O/c1-20-8-18-12(19-20)4-5-17-7-9-6-10(14)2-3-11(9)21-13(15)16/h2-3,6,8,13,17H,4-5,7H2,1H3. The van der Waals surface area contributed by atoms with Gasteiger partial charge < -0.3 is 10.1 Å². The van der Waals surface area contributed by atoms with Gasteiger partial charge in [0.1, 0.15) is 12.1 Å². The Morgan fingerprint density at radius 2 is 2.24 bits per heavy atom. The van der Waals surface area contributed by atoms with Crippen molar-refractivity contribution < 1.29 is 13.5 Å². The fraction of sp³-hybridized carbons (Fsp3) is 0.385. The molecular weight excluding hydrogens is 346 g/mol. The van der Waals surface area contributed by atoms with E-state index in [0.717, 1.165) is 10.3 Å². The average molecular weight is 361 g/mol. The zero-order valence-electron chi connectivity index (χ0n) is 11.4. The number of ether oxygens (including phenoxy) is 1. The van der Waals surface area contributed by atoms with Crippen molar-refractivity contribution in [1.29, 1.82) is 0 Å². The SMILES string of the molecule is Cn1cnc(CCNCc2cc(Br)ccc2OC(F)F)n1. The molecule has 0 atom stereocenters. The number of benzene rings is 1. The molecule has 0 bridgehead atoms. The molecule has 21 heavy (non-hydrogen) atoms. The van der Waals surface area contributed by atoms with Crippen molar-refractivity contribution in [2.24, 2.45) is 7.05 Å². The summed E-state index contributed by atoms with van der Waals surface area (Å²) in [6, 6.07) is 4.94. The van der Waals surface area contributed by atoms with E-state index < -0.39 is 6.61 Å². The molecule has 2 aromatic rings. The number of hydrogen-bond acceptors (Lipinski definition) is 4. The molecule has 0 amide bonds. The lowest BCUT2D eigenvalue weighted by atomic mass is 10.2. The van der Waals surface area contributed by atoms with Gasteiger partial charge in [-0.2, -0.15) is 13.9 Å². The van der Waals surface area contributed by atoms with E-state index in [4.69, 9.17) is 0 Å². The van der Waals surface area contributed by atoms with Crippen molar-refractivity contribution in [2.75, 3.05) is 6.54 Å².